The molecule has 2 aromatic heterocycles. The summed E-state index contributed by atoms with van der Waals surface area (Å²) in [6.45, 7) is 3.34. The lowest BCUT2D eigenvalue weighted by molar-refractivity contribution is 0.0746. The van der Waals surface area contributed by atoms with E-state index in [-0.39, 0.29) is 5.91 Å². The average molecular weight is 382 g/mol. The Morgan fingerprint density at radius 2 is 1.81 bits per heavy atom. The van der Waals surface area contributed by atoms with Crippen molar-refractivity contribution in [1.29, 1.82) is 0 Å². The van der Waals surface area contributed by atoms with Crippen LogP contribution in [0.15, 0.2) is 61.1 Å². The van der Waals surface area contributed by atoms with Crippen LogP contribution < -0.4 is 4.90 Å². The van der Waals surface area contributed by atoms with E-state index in [1.807, 2.05) is 53.6 Å². The number of pyridine rings is 1. The molecule has 1 aliphatic heterocycles. The first-order chi connectivity index (χ1) is 13.2. The van der Waals surface area contributed by atoms with Crippen molar-refractivity contribution in [2.45, 2.75) is 6.54 Å². The van der Waals surface area contributed by atoms with Crippen molar-refractivity contribution in [3.63, 3.8) is 0 Å². The SMILES string of the molecule is O=C(c1cnn(Cc2ccccc2)c1)N1CCN(c2ncccc2Cl)CC1. The van der Waals surface area contributed by atoms with Gasteiger partial charge >= 0.3 is 0 Å². The fraction of sp³-hybridized carbons (Fsp3) is 0.250. The molecule has 0 aliphatic carbocycles. The van der Waals surface area contributed by atoms with Crippen LogP contribution in [0, 0.1) is 0 Å². The maximum Gasteiger partial charge on any atom is 0.257 e. The summed E-state index contributed by atoms with van der Waals surface area (Å²) >= 11 is 6.23. The minimum atomic E-state index is 0.0149. The van der Waals surface area contributed by atoms with Gasteiger partial charge in [-0.05, 0) is 17.7 Å². The van der Waals surface area contributed by atoms with Crippen LogP contribution >= 0.6 is 11.6 Å². The number of nitrogens with zero attached hydrogens (tertiary/aromatic N) is 5. The lowest BCUT2D eigenvalue weighted by Crippen LogP contribution is -2.49. The van der Waals surface area contributed by atoms with Gasteiger partial charge in [0.1, 0.15) is 5.82 Å². The summed E-state index contributed by atoms with van der Waals surface area (Å²) in [7, 11) is 0. The third-order valence-corrected chi connectivity index (χ3v) is 4.97. The van der Waals surface area contributed by atoms with Gasteiger partial charge in [-0.25, -0.2) is 4.98 Å². The fourth-order valence-electron chi connectivity index (χ4n) is 3.24. The Hall–Kier alpha value is -2.86. The van der Waals surface area contributed by atoms with Gasteiger partial charge in [0, 0.05) is 38.6 Å². The van der Waals surface area contributed by atoms with E-state index in [9.17, 15) is 4.79 Å². The van der Waals surface area contributed by atoms with E-state index in [2.05, 4.69) is 15.0 Å². The van der Waals surface area contributed by atoms with Crippen LogP contribution in [0.2, 0.25) is 5.02 Å². The number of aromatic nitrogens is 3. The fourth-order valence-corrected chi connectivity index (χ4v) is 3.49. The predicted molar refractivity (Wildman–Crippen MR) is 105 cm³/mol. The zero-order chi connectivity index (χ0) is 18.6. The summed E-state index contributed by atoms with van der Waals surface area (Å²) in [5.41, 5.74) is 1.77. The van der Waals surface area contributed by atoms with E-state index in [1.54, 1.807) is 17.1 Å². The summed E-state index contributed by atoms with van der Waals surface area (Å²) in [5, 5.41) is 4.97. The molecule has 3 heterocycles. The molecule has 0 spiro atoms. The highest BCUT2D eigenvalue weighted by atomic mass is 35.5. The molecule has 1 saturated heterocycles. The molecule has 27 heavy (non-hydrogen) atoms. The second-order valence-corrected chi connectivity index (χ2v) is 6.91. The smallest absolute Gasteiger partial charge is 0.257 e. The van der Waals surface area contributed by atoms with Gasteiger partial charge in [-0.1, -0.05) is 41.9 Å². The van der Waals surface area contributed by atoms with Crippen molar-refractivity contribution in [1.82, 2.24) is 19.7 Å². The molecular weight excluding hydrogens is 362 g/mol. The first-order valence-corrected chi connectivity index (χ1v) is 9.29. The van der Waals surface area contributed by atoms with Crippen LogP contribution in [0.5, 0.6) is 0 Å². The number of piperazine rings is 1. The van der Waals surface area contributed by atoms with E-state index in [0.29, 0.717) is 43.3 Å². The van der Waals surface area contributed by atoms with Crippen LogP contribution in [-0.2, 0) is 6.54 Å². The van der Waals surface area contributed by atoms with E-state index in [1.165, 1.54) is 0 Å². The highest BCUT2D eigenvalue weighted by Gasteiger charge is 2.24. The van der Waals surface area contributed by atoms with E-state index in [0.717, 1.165) is 11.4 Å². The zero-order valence-electron chi connectivity index (χ0n) is 14.8. The first-order valence-electron chi connectivity index (χ1n) is 8.92. The topological polar surface area (TPSA) is 54.3 Å². The number of hydrogen-bond donors (Lipinski definition) is 0. The number of amides is 1. The number of benzene rings is 1. The quantitative estimate of drug-likeness (QED) is 0.697. The lowest BCUT2D eigenvalue weighted by atomic mass is 10.2. The Morgan fingerprint density at radius 3 is 2.56 bits per heavy atom. The molecule has 1 aromatic carbocycles. The van der Waals surface area contributed by atoms with Gasteiger partial charge in [0.2, 0.25) is 0 Å². The second kappa shape index (κ2) is 7.80. The van der Waals surface area contributed by atoms with Crippen LogP contribution in [0.25, 0.3) is 0 Å². The van der Waals surface area contributed by atoms with Gasteiger partial charge in [-0.3, -0.25) is 9.48 Å². The maximum atomic E-state index is 12.8. The summed E-state index contributed by atoms with van der Waals surface area (Å²) in [6.07, 6.45) is 5.20. The van der Waals surface area contributed by atoms with Crippen LogP contribution in [0.4, 0.5) is 5.82 Å². The Balaban J connectivity index is 1.38. The van der Waals surface area contributed by atoms with Crippen LogP contribution in [-0.4, -0.2) is 51.8 Å². The van der Waals surface area contributed by atoms with Gasteiger partial charge in [0.05, 0.1) is 23.3 Å². The molecule has 138 valence electrons. The monoisotopic (exact) mass is 381 g/mol. The number of anilines is 1. The van der Waals surface area contributed by atoms with E-state index < -0.39 is 0 Å². The molecule has 0 N–H and O–H groups in total. The van der Waals surface area contributed by atoms with Crippen molar-refractivity contribution in [2.75, 3.05) is 31.1 Å². The molecule has 1 aliphatic rings. The molecule has 7 heteroatoms. The van der Waals surface area contributed by atoms with Crippen LogP contribution in [0.3, 0.4) is 0 Å². The summed E-state index contributed by atoms with van der Waals surface area (Å²) < 4.78 is 1.80. The predicted octanol–water partition coefficient (Wildman–Crippen LogP) is 2.94. The lowest BCUT2D eigenvalue weighted by Gasteiger charge is -2.35. The van der Waals surface area contributed by atoms with E-state index >= 15 is 0 Å². The third-order valence-electron chi connectivity index (χ3n) is 4.67. The summed E-state index contributed by atoms with van der Waals surface area (Å²) in [5.74, 6) is 0.794. The van der Waals surface area contributed by atoms with Gasteiger partial charge in [0.25, 0.3) is 5.91 Å². The van der Waals surface area contributed by atoms with Gasteiger partial charge < -0.3 is 9.80 Å². The number of halogens is 1. The molecule has 3 aromatic rings. The van der Waals surface area contributed by atoms with Crippen molar-refractivity contribution in [3.8, 4) is 0 Å². The summed E-state index contributed by atoms with van der Waals surface area (Å²) in [4.78, 5) is 21.1. The van der Waals surface area contributed by atoms with Gasteiger partial charge in [0.15, 0.2) is 0 Å². The molecule has 0 atom stereocenters. The number of hydrogen-bond acceptors (Lipinski definition) is 4. The second-order valence-electron chi connectivity index (χ2n) is 6.50. The zero-order valence-corrected chi connectivity index (χ0v) is 15.6. The molecule has 0 radical (unpaired) electrons. The van der Waals surface area contributed by atoms with Crippen molar-refractivity contribution >= 4 is 23.3 Å². The molecule has 1 amide bonds. The Bertz CT molecular complexity index is 919. The summed E-state index contributed by atoms with van der Waals surface area (Å²) in [6, 6.07) is 13.7. The molecule has 1 fully saturated rings. The molecule has 4 rings (SSSR count). The standard InChI is InChI=1S/C20H20ClN5O/c21-18-7-4-8-22-19(18)24-9-11-25(12-10-24)20(27)17-13-23-26(15-17)14-16-5-2-1-3-6-16/h1-8,13,15H,9-12,14H2. The minimum Gasteiger partial charge on any atom is -0.352 e. The molecule has 0 bridgehead atoms. The molecule has 6 nitrogen and oxygen atoms in total. The Labute approximate surface area is 163 Å². The van der Waals surface area contributed by atoms with E-state index in [4.69, 9.17) is 11.6 Å². The van der Waals surface area contributed by atoms with Gasteiger partial charge in [-0.2, -0.15) is 5.10 Å². The number of carbonyl (C=O) groups excluding carboxylic acids is 1. The van der Waals surface area contributed by atoms with Gasteiger partial charge in [-0.15, -0.1) is 0 Å². The number of carbonyl (C=O) groups is 1. The van der Waals surface area contributed by atoms with Crippen molar-refractivity contribution in [3.05, 3.63) is 77.2 Å². The Kier molecular flexibility index (Phi) is 5.07. The average Bonchev–Trinajstić information content (AvgIpc) is 3.17. The third kappa shape index (κ3) is 3.95. The number of rotatable bonds is 4. The largest absolute Gasteiger partial charge is 0.352 e. The Morgan fingerprint density at radius 1 is 1.04 bits per heavy atom. The highest BCUT2D eigenvalue weighted by Crippen LogP contribution is 2.23. The normalized spacial score (nSPS) is 14.4. The molecule has 0 unspecified atom stereocenters. The highest BCUT2D eigenvalue weighted by molar-refractivity contribution is 6.32. The first kappa shape index (κ1) is 17.5. The van der Waals surface area contributed by atoms with Crippen LogP contribution in [0.1, 0.15) is 15.9 Å². The minimum absolute atomic E-state index is 0.0149. The maximum absolute atomic E-state index is 12.8. The molecule has 0 saturated carbocycles. The molecular formula is C20H20ClN5O. The van der Waals surface area contributed by atoms with Crippen molar-refractivity contribution < 1.29 is 4.79 Å². The van der Waals surface area contributed by atoms with Crippen molar-refractivity contribution in [2.24, 2.45) is 0 Å².